The van der Waals surface area contributed by atoms with Crippen molar-refractivity contribution < 1.29 is 9.13 Å². The van der Waals surface area contributed by atoms with Crippen LogP contribution in [0.2, 0.25) is 5.02 Å². The first-order valence-corrected chi connectivity index (χ1v) is 9.76. The number of rotatable bonds is 2. The molecule has 142 valence electrons. The van der Waals surface area contributed by atoms with Crippen molar-refractivity contribution >= 4 is 11.6 Å². The van der Waals surface area contributed by atoms with Crippen LogP contribution in [0.1, 0.15) is 11.1 Å². The molecule has 29 heavy (non-hydrogen) atoms. The van der Waals surface area contributed by atoms with E-state index in [0.29, 0.717) is 22.9 Å². The molecular weight excluding hydrogens is 385 g/mol. The van der Waals surface area contributed by atoms with Gasteiger partial charge in [-0.1, -0.05) is 53.6 Å². The Morgan fingerprint density at radius 3 is 2.34 bits per heavy atom. The second-order valence-electron chi connectivity index (χ2n) is 7.18. The van der Waals surface area contributed by atoms with Gasteiger partial charge in [0.2, 0.25) is 0 Å². The molecule has 1 aromatic heterocycles. The van der Waals surface area contributed by atoms with E-state index in [1.54, 1.807) is 6.07 Å². The summed E-state index contributed by atoms with van der Waals surface area (Å²) in [6, 6.07) is 22.6. The Bertz CT molecular complexity index is 1220. The predicted molar refractivity (Wildman–Crippen MR) is 115 cm³/mol. The summed E-state index contributed by atoms with van der Waals surface area (Å²) in [7, 11) is 0. The minimum Gasteiger partial charge on any atom is -0.488 e. The van der Waals surface area contributed by atoms with Crippen molar-refractivity contribution in [2.24, 2.45) is 0 Å². The van der Waals surface area contributed by atoms with Crippen LogP contribution in [0.4, 0.5) is 4.39 Å². The van der Waals surface area contributed by atoms with E-state index in [-0.39, 0.29) is 5.82 Å². The second-order valence-corrected chi connectivity index (χ2v) is 7.62. The summed E-state index contributed by atoms with van der Waals surface area (Å²) in [5, 5.41) is 0.672. The first kappa shape index (κ1) is 17.9. The van der Waals surface area contributed by atoms with Crippen molar-refractivity contribution in [3.8, 4) is 39.4 Å². The molecule has 0 fully saturated rings. The number of aromatic nitrogens is 1. The Labute approximate surface area is 173 Å². The lowest BCUT2D eigenvalue weighted by Crippen LogP contribution is -2.10. The number of aryl methyl sites for hydroxylation is 1. The van der Waals surface area contributed by atoms with Crippen LogP contribution >= 0.6 is 11.6 Å². The van der Waals surface area contributed by atoms with Crippen LogP contribution in [0.15, 0.2) is 72.8 Å². The van der Waals surface area contributed by atoms with Gasteiger partial charge in [-0.15, -0.1) is 0 Å². The zero-order chi connectivity index (χ0) is 20.0. The van der Waals surface area contributed by atoms with Gasteiger partial charge in [0.05, 0.1) is 11.4 Å². The fourth-order valence-corrected chi connectivity index (χ4v) is 3.79. The molecule has 2 heterocycles. The van der Waals surface area contributed by atoms with Gasteiger partial charge in [0.15, 0.2) is 0 Å². The molecule has 0 atom stereocenters. The molecule has 4 aromatic rings. The second kappa shape index (κ2) is 7.02. The Kier molecular flexibility index (Phi) is 4.33. The standard InChI is InChI=1S/C25H17ClFNO/c1-15-2-4-16(5-3-15)20-13-23(17-6-8-18(26)9-7-17)28-25-21-12-19(27)10-11-24(21)29-14-22(20)25/h2-13H,14H2,1H3. The van der Waals surface area contributed by atoms with Gasteiger partial charge in [0.25, 0.3) is 0 Å². The van der Waals surface area contributed by atoms with Crippen molar-refractivity contribution in [3.63, 3.8) is 0 Å². The van der Waals surface area contributed by atoms with Crippen LogP contribution in [0, 0.1) is 12.7 Å². The van der Waals surface area contributed by atoms with E-state index in [9.17, 15) is 4.39 Å². The molecule has 2 nitrogen and oxygen atoms in total. The zero-order valence-corrected chi connectivity index (χ0v) is 16.5. The smallest absolute Gasteiger partial charge is 0.129 e. The van der Waals surface area contributed by atoms with Gasteiger partial charge < -0.3 is 4.74 Å². The van der Waals surface area contributed by atoms with Crippen molar-refractivity contribution in [1.82, 2.24) is 4.98 Å². The molecule has 0 spiro atoms. The fourth-order valence-electron chi connectivity index (χ4n) is 3.66. The van der Waals surface area contributed by atoms with Crippen LogP contribution in [0.5, 0.6) is 5.75 Å². The summed E-state index contributed by atoms with van der Waals surface area (Å²) in [6.07, 6.45) is 0. The molecule has 1 aliphatic rings. The molecule has 0 N–H and O–H groups in total. The van der Waals surface area contributed by atoms with Crippen LogP contribution in [-0.2, 0) is 6.61 Å². The number of hydrogen-bond acceptors (Lipinski definition) is 2. The van der Waals surface area contributed by atoms with Crippen LogP contribution < -0.4 is 4.74 Å². The molecule has 0 radical (unpaired) electrons. The predicted octanol–water partition coefficient (Wildman–Crippen LogP) is 7.08. The molecule has 4 heteroatoms. The van der Waals surface area contributed by atoms with E-state index in [2.05, 4.69) is 37.3 Å². The Morgan fingerprint density at radius 1 is 0.862 bits per heavy atom. The Balaban J connectivity index is 1.79. The maximum atomic E-state index is 14.0. The van der Waals surface area contributed by atoms with Gasteiger partial charge in [-0.2, -0.15) is 0 Å². The minimum atomic E-state index is -0.309. The number of nitrogens with zero attached hydrogens (tertiary/aromatic N) is 1. The fraction of sp³-hybridized carbons (Fsp3) is 0.0800. The summed E-state index contributed by atoms with van der Waals surface area (Å²) in [5.41, 5.74) is 7.47. The first-order valence-electron chi connectivity index (χ1n) is 9.38. The maximum Gasteiger partial charge on any atom is 0.129 e. The molecule has 0 bridgehead atoms. The highest BCUT2D eigenvalue weighted by molar-refractivity contribution is 6.30. The Morgan fingerprint density at radius 2 is 1.59 bits per heavy atom. The van der Waals surface area contributed by atoms with E-state index in [1.165, 1.54) is 17.7 Å². The summed E-state index contributed by atoms with van der Waals surface area (Å²) >= 11 is 6.06. The third-order valence-electron chi connectivity index (χ3n) is 5.20. The first-order chi connectivity index (χ1) is 14.1. The van der Waals surface area contributed by atoms with Gasteiger partial charge in [-0.05, 0) is 54.4 Å². The van der Waals surface area contributed by atoms with E-state index in [1.807, 2.05) is 24.3 Å². The van der Waals surface area contributed by atoms with Crippen LogP contribution in [0.3, 0.4) is 0 Å². The number of halogens is 2. The average molecular weight is 402 g/mol. The van der Waals surface area contributed by atoms with Crippen LogP contribution in [-0.4, -0.2) is 4.98 Å². The summed E-state index contributed by atoms with van der Waals surface area (Å²) in [4.78, 5) is 4.91. The van der Waals surface area contributed by atoms with Gasteiger partial charge in [0.1, 0.15) is 18.2 Å². The van der Waals surface area contributed by atoms with E-state index in [4.69, 9.17) is 21.3 Å². The minimum absolute atomic E-state index is 0.309. The molecule has 3 aromatic carbocycles. The highest BCUT2D eigenvalue weighted by Gasteiger charge is 2.24. The lowest BCUT2D eigenvalue weighted by atomic mass is 9.92. The summed E-state index contributed by atoms with van der Waals surface area (Å²) in [6.45, 7) is 2.46. The van der Waals surface area contributed by atoms with Crippen molar-refractivity contribution in [2.45, 2.75) is 13.5 Å². The Hall–Kier alpha value is -3.17. The zero-order valence-electron chi connectivity index (χ0n) is 15.7. The SMILES string of the molecule is Cc1ccc(-c2cc(-c3ccc(Cl)cc3)nc3c2COc2ccc(F)cc2-3)cc1. The van der Waals surface area contributed by atoms with E-state index in [0.717, 1.165) is 33.6 Å². The summed E-state index contributed by atoms with van der Waals surface area (Å²) < 4.78 is 20.0. The topological polar surface area (TPSA) is 22.1 Å². The number of hydrogen-bond donors (Lipinski definition) is 0. The number of fused-ring (bicyclic) bond motifs is 3. The highest BCUT2D eigenvalue weighted by atomic mass is 35.5. The van der Waals surface area contributed by atoms with Crippen molar-refractivity contribution in [3.05, 3.63) is 94.8 Å². The lowest BCUT2D eigenvalue weighted by Gasteiger charge is -2.24. The molecular formula is C25H17ClFNO. The molecule has 0 saturated heterocycles. The summed E-state index contributed by atoms with van der Waals surface area (Å²) in [5.74, 6) is 0.338. The molecule has 0 unspecified atom stereocenters. The molecule has 0 aliphatic carbocycles. The maximum absolute atomic E-state index is 14.0. The largest absolute Gasteiger partial charge is 0.488 e. The lowest BCUT2D eigenvalue weighted by molar-refractivity contribution is 0.301. The van der Waals surface area contributed by atoms with Gasteiger partial charge >= 0.3 is 0 Å². The number of ether oxygens (including phenoxy) is 1. The van der Waals surface area contributed by atoms with Crippen LogP contribution in [0.25, 0.3) is 33.6 Å². The quantitative estimate of drug-likeness (QED) is 0.358. The van der Waals surface area contributed by atoms with Crippen molar-refractivity contribution in [1.29, 1.82) is 0 Å². The van der Waals surface area contributed by atoms with E-state index < -0.39 is 0 Å². The monoisotopic (exact) mass is 401 g/mol. The van der Waals surface area contributed by atoms with Crippen molar-refractivity contribution in [2.75, 3.05) is 0 Å². The average Bonchev–Trinajstić information content (AvgIpc) is 2.74. The van der Waals surface area contributed by atoms with Gasteiger partial charge in [-0.3, -0.25) is 0 Å². The third kappa shape index (κ3) is 3.28. The van der Waals surface area contributed by atoms with E-state index >= 15 is 0 Å². The normalized spacial score (nSPS) is 12.1. The molecule has 0 saturated carbocycles. The van der Waals surface area contributed by atoms with Gasteiger partial charge in [0, 0.05) is 21.7 Å². The highest BCUT2D eigenvalue weighted by Crippen LogP contribution is 2.42. The number of benzene rings is 3. The number of pyridine rings is 1. The van der Waals surface area contributed by atoms with Gasteiger partial charge in [-0.25, -0.2) is 9.37 Å². The molecule has 1 aliphatic heterocycles. The molecule has 5 rings (SSSR count). The molecule has 0 amide bonds. The third-order valence-corrected chi connectivity index (χ3v) is 5.45.